The van der Waals surface area contributed by atoms with E-state index in [4.69, 9.17) is 0 Å². The molecule has 0 amide bonds. The molecular formula is C13H20N2O2S. The molecule has 0 spiro atoms. The van der Waals surface area contributed by atoms with Crippen molar-refractivity contribution < 1.29 is 9.90 Å². The van der Waals surface area contributed by atoms with Crippen LogP contribution in [0.2, 0.25) is 0 Å². The Morgan fingerprint density at radius 1 is 1.50 bits per heavy atom. The van der Waals surface area contributed by atoms with E-state index in [-0.39, 0.29) is 12.1 Å². The molecule has 0 bridgehead atoms. The molecule has 18 heavy (non-hydrogen) atoms. The number of aliphatic carboxylic acids is 1. The summed E-state index contributed by atoms with van der Waals surface area (Å²) in [5.74, 6) is -0.694. The molecule has 5 heteroatoms. The first-order valence-corrected chi connectivity index (χ1v) is 7.25. The minimum absolute atomic E-state index is 0.151. The SMILES string of the molecule is Cc1nc(C)c(C(C)N2CCCCC2C(=O)O)s1. The molecule has 1 aliphatic rings. The molecule has 1 N–H and O–H groups in total. The van der Waals surface area contributed by atoms with Crippen molar-refractivity contribution in [2.45, 2.75) is 52.1 Å². The average molecular weight is 268 g/mol. The summed E-state index contributed by atoms with van der Waals surface area (Å²) in [4.78, 5) is 19.1. The molecule has 0 saturated carbocycles. The van der Waals surface area contributed by atoms with Gasteiger partial charge in [-0.2, -0.15) is 0 Å². The summed E-state index contributed by atoms with van der Waals surface area (Å²) in [5, 5.41) is 10.4. The van der Waals surface area contributed by atoms with Crippen LogP contribution < -0.4 is 0 Å². The topological polar surface area (TPSA) is 53.4 Å². The smallest absolute Gasteiger partial charge is 0.320 e. The molecule has 0 aromatic carbocycles. The van der Waals surface area contributed by atoms with Crippen LogP contribution in [0.15, 0.2) is 0 Å². The van der Waals surface area contributed by atoms with Crippen LogP contribution in [-0.2, 0) is 4.79 Å². The number of aromatic nitrogens is 1. The van der Waals surface area contributed by atoms with Crippen molar-refractivity contribution in [1.82, 2.24) is 9.88 Å². The standard InChI is InChI=1S/C13H20N2O2S/c1-8-12(18-10(3)14-8)9(2)15-7-5-4-6-11(15)13(16)17/h9,11H,4-7H2,1-3H3,(H,16,17). The van der Waals surface area contributed by atoms with Gasteiger partial charge >= 0.3 is 5.97 Å². The van der Waals surface area contributed by atoms with E-state index in [1.54, 1.807) is 11.3 Å². The summed E-state index contributed by atoms with van der Waals surface area (Å²) in [6.45, 7) is 6.98. The fraction of sp³-hybridized carbons (Fsp3) is 0.692. The van der Waals surface area contributed by atoms with Crippen molar-refractivity contribution in [3.05, 3.63) is 15.6 Å². The van der Waals surface area contributed by atoms with Gasteiger partial charge in [-0.05, 0) is 40.2 Å². The number of aryl methyl sites for hydroxylation is 2. The average Bonchev–Trinajstić information content (AvgIpc) is 2.67. The van der Waals surface area contributed by atoms with Gasteiger partial charge in [0.1, 0.15) is 6.04 Å². The Kier molecular flexibility index (Phi) is 4.02. The van der Waals surface area contributed by atoms with E-state index in [1.165, 1.54) is 4.88 Å². The zero-order valence-electron chi connectivity index (χ0n) is 11.1. The van der Waals surface area contributed by atoms with Gasteiger partial charge in [-0.3, -0.25) is 9.69 Å². The molecule has 4 nitrogen and oxygen atoms in total. The maximum atomic E-state index is 11.3. The molecule has 1 saturated heterocycles. The van der Waals surface area contributed by atoms with Gasteiger partial charge in [-0.1, -0.05) is 6.42 Å². The van der Waals surface area contributed by atoms with Gasteiger partial charge in [0, 0.05) is 10.9 Å². The summed E-state index contributed by atoms with van der Waals surface area (Å²) in [6.07, 6.45) is 2.86. The minimum atomic E-state index is -0.694. The molecule has 2 rings (SSSR count). The Hall–Kier alpha value is -0.940. The van der Waals surface area contributed by atoms with Gasteiger partial charge in [0.2, 0.25) is 0 Å². The van der Waals surface area contributed by atoms with Crippen molar-refractivity contribution in [3.8, 4) is 0 Å². The van der Waals surface area contributed by atoms with E-state index in [0.29, 0.717) is 0 Å². The molecule has 1 aromatic rings. The third-order valence-corrected chi connectivity index (χ3v) is 4.89. The van der Waals surface area contributed by atoms with Crippen LogP contribution in [0.5, 0.6) is 0 Å². The van der Waals surface area contributed by atoms with E-state index in [0.717, 1.165) is 36.5 Å². The molecule has 100 valence electrons. The second-order valence-electron chi connectivity index (χ2n) is 4.95. The second kappa shape index (κ2) is 5.36. The number of thiazole rings is 1. The quantitative estimate of drug-likeness (QED) is 0.916. The second-order valence-corrected chi connectivity index (χ2v) is 6.18. The molecule has 0 aliphatic carbocycles. The van der Waals surface area contributed by atoms with Crippen LogP contribution in [0.3, 0.4) is 0 Å². The van der Waals surface area contributed by atoms with Crippen molar-refractivity contribution in [1.29, 1.82) is 0 Å². The highest BCUT2D eigenvalue weighted by molar-refractivity contribution is 7.11. The first kappa shape index (κ1) is 13.5. The third-order valence-electron chi connectivity index (χ3n) is 3.65. The zero-order chi connectivity index (χ0) is 13.3. The van der Waals surface area contributed by atoms with E-state index in [9.17, 15) is 9.90 Å². The Morgan fingerprint density at radius 3 is 2.78 bits per heavy atom. The Bertz CT molecular complexity index is 444. The highest BCUT2D eigenvalue weighted by atomic mass is 32.1. The van der Waals surface area contributed by atoms with Crippen molar-refractivity contribution >= 4 is 17.3 Å². The normalized spacial score (nSPS) is 22.9. The molecule has 2 unspecified atom stereocenters. The summed E-state index contributed by atoms with van der Waals surface area (Å²) in [7, 11) is 0. The predicted molar refractivity (Wildman–Crippen MR) is 72.0 cm³/mol. The number of hydrogen-bond acceptors (Lipinski definition) is 4. The van der Waals surface area contributed by atoms with Crippen molar-refractivity contribution in [2.24, 2.45) is 0 Å². The van der Waals surface area contributed by atoms with E-state index >= 15 is 0 Å². The summed E-state index contributed by atoms with van der Waals surface area (Å²) in [6, 6.07) is -0.187. The van der Waals surface area contributed by atoms with Crippen LogP contribution in [0.4, 0.5) is 0 Å². The lowest BCUT2D eigenvalue weighted by Crippen LogP contribution is -2.45. The maximum absolute atomic E-state index is 11.3. The molecule has 1 aromatic heterocycles. The van der Waals surface area contributed by atoms with E-state index < -0.39 is 5.97 Å². The minimum Gasteiger partial charge on any atom is -0.480 e. The highest BCUT2D eigenvalue weighted by Crippen LogP contribution is 2.33. The maximum Gasteiger partial charge on any atom is 0.320 e. The van der Waals surface area contributed by atoms with Gasteiger partial charge < -0.3 is 5.11 Å². The number of hydrogen-bond donors (Lipinski definition) is 1. The number of nitrogens with zero attached hydrogens (tertiary/aromatic N) is 2. The van der Waals surface area contributed by atoms with Gasteiger partial charge in [0.15, 0.2) is 0 Å². The molecule has 1 fully saturated rings. The third kappa shape index (κ3) is 2.57. The van der Waals surface area contributed by atoms with E-state index in [1.807, 2.05) is 13.8 Å². The van der Waals surface area contributed by atoms with Gasteiger partial charge in [0.25, 0.3) is 0 Å². The Labute approximate surface area is 112 Å². The largest absolute Gasteiger partial charge is 0.480 e. The van der Waals surface area contributed by atoms with Crippen molar-refractivity contribution in [3.63, 3.8) is 0 Å². The summed E-state index contributed by atoms with van der Waals surface area (Å²) in [5.41, 5.74) is 1.04. The monoisotopic (exact) mass is 268 g/mol. The van der Waals surface area contributed by atoms with Crippen LogP contribution in [-0.4, -0.2) is 33.5 Å². The number of carbonyl (C=O) groups is 1. The van der Waals surface area contributed by atoms with E-state index in [2.05, 4.69) is 16.8 Å². The van der Waals surface area contributed by atoms with Crippen LogP contribution in [0.1, 0.15) is 47.8 Å². The number of carboxylic acids is 1. The lowest BCUT2D eigenvalue weighted by Gasteiger charge is -2.37. The lowest BCUT2D eigenvalue weighted by molar-refractivity contribution is -0.145. The molecule has 0 radical (unpaired) electrons. The molecule has 2 atom stereocenters. The molecule has 2 heterocycles. The first-order chi connectivity index (χ1) is 8.50. The number of carboxylic acid groups (broad SMARTS) is 1. The molecule has 1 aliphatic heterocycles. The number of rotatable bonds is 3. The van der Waals surface area contributed by atoms with Gasteiger partial charge in [-0.25, -0.2) is 4.98 Å². The zero-order valence-corrected chi connectivity index (χ0v) is 12.0. The van der Waals surface area contributed by atoms with Crippen LogP contribution in [0.25, 0.3) is 0 Å². The van der Waals surface area contributed by atoms with Gasteiger partial charge in [-0.15, -0.1) is 11.3 Å². The fourth-order valence-electron chi connectivity index (χ4n) is 2.77. The first-order valence-electron chi connectivity index (χ1n) is 6.43. The van der Waals surface area contributed by atoms with Gasteiger partial charge in [0.05, 0.1) is 10.7 Å². The fourth-order valence-corrected chi connectivity index (χ4v) is 3.77. The van der Waals surface area contributed by atoms with Crippen LogP contribution in [0, 0.1) is 13.8 Å². The van der Waals surface area contributed by atoms with Crippen LogP contribution >= 0.6 is 11.3 Å². The molecular weight excluding hydrogens is 248 g/mol. The van der Waals surface area contributed by atoms with Crippen molar-refractivity contribution in [2.75, 3.05) is 6.54 Å². The lowest BCUT2D eigenvalue weighted by atomic mass is 9.99. The summed E-state index contributed by atoms with van der Waals surface area (Å²) >= 11 is 1.68. The number of piperidine rings is 1. The Morgan fingerprint density at radius 2 is 2.22 bits per heavy atom. The highest BCUT2D eigenvalue weighted by Gasteiger charge is 2.33. The predicted octanol–water partition coefficient (Wildman–Crippen LogP) is 2.76. The Balaban J connectivity index is 2.23. The number of likely N-dealkylation sites (tertiary alicyclic amines) is 1. The summed E-state index contributed by atoms with van der Waals surface area (Å²) < 4.78 is 0.